The van der Waals surface area contributed by atoms with Gasteiger partial charge < -0.3 is 15.4 Å². The second kappa shape index (κ2) is 10.0. The molecule has 5 nitrogen and oxygen atoms in total. The summed E-state index contributed by atoms with van der Waals surface area (Å²) in [5.74, 6) is 1.61. The van der Waals surface area contributed by atoms with Crippen molar-refractivity contribution in [3.8, 4) is 5.75 Å². The van der Waals surface area contributed by atoms with Gasteiger partial charge in [0.1, 0.15) is 5.75 Å². The number of halogens is 1. The predicted octanol–water partition coefficient (Wildman–Crippen LogP) is 2.88. The summed E-state index contributed by atoms with van der Waals surface area (Å²) in [4.78, 5) is 8.49. The van der Waals surface area contributed by atoms with E-state index in [0.717, 1.165) is 23.0 Å². The standard InChI is InChI=1S/C17H22N4O.HI/c1-13-7-8-14(16(10-13)22-3)11-20-17(18-2)21-12-15-6-4-5-9-19-15;/h4-10H,11-12H2,1-3H3,(H2,18,20,21);1H. The number of ether oxygens (including phenoxy) is 1. The number of hydrogen-bond donors (Lipinski definition) is 2. The minimum absolute atomic E-state index is 0. The molecule has 2 aromatic rings. The minimum Gasteiger partial charge on any atom is -0.496 e. The second-order valence-electron chi connectivity index (χ2n) is 4.92. The Morgan fingerprint density at radius 2 is 1.96 bits per heavy atom. The summed E-state index contributed by atoms with van der Waals surface area (Å²) in [5, 5.41) is 6.52. The number of benzene rings is 1. The van der Waals surface area contributed by atoms with E-state index in [1.807, 2.05) is 31.2 Å². The maximum atomic E-state index is 5.41. The molecule has 0 fully saturated rings. The molecule has 2 rings (SSSR count). The lowest BCUT2D eigenvalue weighted by molar-refractivity contribution is 0.408. The van der Waals surface area contributed by atoms with Crippen LogP contribution >= 0.6 is 24.0 Å². The van der Waals surface area contributed by atoms with Crippen LogP contribution in [0.1, 0.15) is 16.8 Å². The monoisotopic (exact) mass is 426 g/mol. The SMILES string of the molecule is CN=C(NCc1ccccn1)NCc1ccc(C)cc1OC.I. The molecule has 6 heteroatoms. The Morgan fingerprint density at radius 1 is 1.17 bits per heavy atom. The topological polar surface area (TPSA) is 58.5 Å². The summed E-state index contributed by atoms with van der Waals surface area (Å²) >= 11 is 0. The number of aryl methyl sites for hydroxylation is 1. The van der Waals surface area contributed by atoms with Gasteiger partial charge in [-0.2, -0.15) is 0 Å². The molecule has 0 unspecified atom stereocenters. The second-order valence-corrected chi connectivity index (χ2v) is 4.92. The largest absolute Gasteiger partial charge is 0.496 e. The lowest BCUT2D eigenvalue weighted by Crippen LogP contribution is -2.36. The van der Waals surface area contributed by atoms with Crippen LogP contribution in [0.3, 0.4) is 0 Å². The summed E-state index contributed by atoms with van der Waals surface area (Å²) in [6.07, 6.45) is 1.78. The first-order chi connectivity index (χ1) is 10.7. The van der Waals surface area contributed by atoms with Crippen LogP contribution in [-0.4, -0.2) is 25.1 Å². The van der Waals surface area contributed by atoms with Gasteiger partial charge in [-0.05, 0) is 30.7 Å². The molecule has 0 bridgehead atoms. The molecule has 0 aliphatic carbocycles. The number of aliphatic imine (C=N–C) groups is 1. The molecule has 0 saturated heterocycles. The van der Waals surface area contributed by atoms with E-state index in [2.05, 4.69) is 32.7 Å². The summed E-state index contributed by atoms with van der Waals surface area (Å²) < 4.78 is 5.41. The van der Waals surface area contributed by atoms with Gasteiger partial charge in [-0.3, -0.25) is 9.98 Å². The van der Waals surface area contributed by atoms with Crippen molar-refractivity contribution < 1.29 is 4.74 Å². The third kappa shape index (κ3) is 6.05. The van der Waals surface area contributed by atoms with Crippen molar-refractivity contribution in [2.24, 2.45) is 4.99 Å². The molecule has 0 amide bonds. The normalized spacial score (nSPS) is 10.7. The number of methoxy groups -OCH3 is 1. The molecule has 1 heterocycles. The molecule has 2 N–H and O–H groups in total. The summed E-state index contributed by atoms with van der Waals surface area (Å²) in [6, 6.07) is 12.0. The molecule has 0 atom stereocenters. The fourth-order valence-corrected chi connectivity index (χ4v) is 2.07. The van der Waals surface area contributed by atoms with Crippen LogP contribution in [0.15, 0.2) is 47.6 Å². The van der Waals surface area contributed by atoms with Crippen LogP contribution in [0.4, 0.5) is 0 Å². The zero-order valence-corrected chi connectivity index (χ0v) is 16.0. The molecule has 0 saturated carbocycles. The van der Waals surface area contributed by atoms with Crippen LogP contribution < -0.4 is 15.4 Å². The molecular formula is C17H23IN4O. The van der Waals surface area contributed by atoms with Crippen molar-refractivity contribution in [2.45, 2.75) is 20.0 Å². The highest BCUT2D eigenvalue weighted by Crippen LogP contribution is 2.19. The highest BCUT2D eigenvalue weighted by molar-refractivity contribution is 14.0. The Labute approximate surface area is 154 Å². The smallest absolute Gasteiger partial charge is 0.191 e. The van der Waals surface area contributed by atoms with Gasteiger partial charge >= 0.3 is 0 Å². The maximum Gasteiger partial charge on any atom is 0.191 e. The number of guanidine groups is 1. The quantitative estimate of drug-likeness (QED) is 0.439. The molecule has 0 aliphatic rings. The number of nitrogens with one attached hydrogen (secondary N) is 2. The van der Waals surface area contributed by atoms with E-state index in [0.29, 0.717) is 13.1 Å². The molecule has 1 aromatic heterocycles. The molecule has 1 aromatic carbocycles. The lowest BCUT2D eigenvalue weighted by atomic mass is 10.1. The van der Waals surface area contributed by atoms with E-state index in [1.165, 1.54) is 5.56 Å². The van der Waals surface area contributed by atoms with E-state index in [4.69, 9.17) is 4.74 Å². The van der Waals surface area contributed by atoms with E-state index in [1.54, 1.807) is 20.4 Å². The Kier molecular flexibility index (Phi) is 8.39. The van der Waals surface area contributed by atoms with E-state index < -0.39 is 0 Å². The summed E-state index contributed by atoms with van der Waals surface area (Å²) in [5.41, 5.74) is 3.24. The van der Waals surface area contributed by atoms with Gasteiger partial charge in [-0.25, -0.2) is 0 Å². The molecule has 0 aliphatic heterocycles. The first kappa shape index (κ1) is 19.2. The Bertz CT molecular complexity index is 632. The number of pyridine rings is 1. The van der Waals surface area contributed by atoms with Gasteiger partial charge in [0.2, 0.25) is 0 Å². The van der Waals surface area contributed by atoms with Crippen LogP contribution in [0, 0.1) is 6.92 Å². The van der Waals surface area contributed by atoms with Crippen LogP contribution in [0.5, 0.6) is 5.75 Å². The first-order valence-electron chi connectivity index (χ1n) is 7.21. The van der Waals surface area contributed by atoms with Crippen LogP contribution in [-0.2, 0) is 13.1 Å². The van der Waals surface area contributed by atoms with Crippen molar-refractivity contribution in [2.75, 3.05) is 14.2 Å². The average molecular weight is 426 g/mol. The lowest BCUT2D eigenvalue weighted by Gasteiger charge is -2.14. The summed E-state index contributed by atoms with van der Waals surface area (Å²) in [6.45, 7) is 3.32. The minimum atomic E-state index is 0. The molecule has 124 valence electrons. The highest BCUT2D eigenvalue weighted by atomic mass is 127. The predicted molar refractivity (Wildman–Crippen MR) is 104 cm³/mol. The molecular weight excluding hydrogens is 403 g/mol. The highest BCUT2D eigenvalue weighted by Gasteiger charge is 2.05. The Hall–Kier alpha value is -1.83. The number of aromatic nitrogens is 1. The van der Waals surface area contributed by atoms with Crippen molar-refractivity contribution >= 4 is 29.9 Å². The molecule has 0 radical (unpaired) electrons. The van der Waals surface area contributed by atoms with E-state index in [-0.39, 0.29) is 24.0 Å². The van der Waals surface area contributed by atoms with Gasteiger partial charge in [-0.15, -0.1) is 24.0 Å². The number of rotatable bonds is 5. The van der Waals surface area contributed by atoms with Crippen molar-refractivity contribution in [1.29, 1.82) is 0 Å². The Balaban J connectivity index is 0.00000264. The van der Waals surface area contributed by atoms with Gasteiger partial charge in [0.25, 0.3) is 0 Å². The summed E-state index contributed by atoms with van der Waals surface area (Å²) in [7, 11) is 3.44. The van der Waals surface area contributed by atoms with E-state index in [9.17, 15) is 0 Å². The molecule has 23 heavy (non-hydrogen) atoms. The van der Waals surface area contributed by atoms with Gasteiger partial charge in [0.15, 0.2) is 5.96 Å². The fourth-order valence-electron chi connectivity index (χ4n) is 2.07. The first-order valence-corrected chi connectivity index (χ1v) is 7.21. The average Bonchev–Trinajstić information content (AvgIpc) is 2.56. The third-order valence-electron chi connectivity index (χ3n) is 3.28. The third-order valence-corrected chi connectivity index (χ3v) is 3.28. The maximum absolute atomic E-state index is 5.41. The molecule has 0 spiro atoms. The van der Waals surface area contributed by atoms with Gasteiger partial charge in [-0.1, -0.05) is 18.2 Å². The van der Waals surface area contributed by atoms with Gasteiger partial charge in [0.05, 0.1) is 19.3 Å². The number of hydrogen-bond acceptors (Lipinski definition) is 3. The van der Waals surface area contributed by atoms with Crippen LogP contribution in [0.25, 0.3) is 0 Å². The fraction of sp³-hybridized carbons (Fsp3) is 0.294. The van der Waals surface area contributed by atoms with Crippen molar-refractivity contribution in [1.82, 2.24) is 15.6 Å². The van der Waals surface area contributed by atoms with Gasteiger partial charge in [0, 0.05) is 25.4 Å². The Morgan fingerprint density at radius 3 is 2.61 bits per heavy atom. The van der Waals surface area contributed by atoms with E-state index >= 15 is 0 Å². The zero-order valence-electron chi connectivity index (χ0n) is 13.7. The van der Waals surface area contributed by atoms with Crippen molar-refractivity contribution in [3.63, 3.8) is 0 Å². The van der Waals surface area contributed by atoms with Crippen molar-refractivity contribution in [3.05, 3.63) is 59.4 Å². The van der Waals surface area contributed by atoms with Crippen LogP contribution in [0.2, 0.25) is 0 Å². The number of nitrogens with zero attached hydrogens (tertiary/aromatic N) is 2. The zero-order chi connectivity index (χ0) is 15.8.